The maximum atomic E-state index is 10.0. The van der Waals surface area contributed by atoms with Crippen molar-refractivity contribution in [1.29, 1.82) is 0 Å². The number of methoxy groups -OCH3 is 1. The Morgan fingerprint density at radius 1 is 0.963 bits per heavy atom. The van der Waals surface area contributed by atoms with E-state index in [0.29, 0.717) is 39.6 Å². The second kappa shape index (κ2) is 6.92. The molecule has 3 aromatic carbocycles. The highest BCUT2D eigenvalue weighted by Crippen LogP contribution is 2.29. The van der Waals surface area contributed by atoms with Crippen LogP contribution in [-0.4, -0.2) is 22.3 Å². The minimum Gasteiger partial charge on any atom is -0.508 e. The van der Waals surface area contributed by atoms with Gasteiger partial charge in [-0.2, -0.15) is 0 Å². The van der Waals surface area contributed by atoms with Crippen molar-refractivity contribution >= 4 is 11.1 Å². The van der Waals surface area contributed by atoms with Crippen molar-refractivity contribution in [3.8, 4) is 34.5 Å². The SMILES string of the molecule is COc1ccc(COc2ccc3oc(-c4cccc(O)c4)nc3c2)c(O)c1. The molecule has 136 valence electrons. The Balaban J connectivity index is 1.55. The monoisotopic (exact) mass is 363 g/mol. The molecule has 0 bridgehead atoms. The van der Waals surface area contributed by atoms with Crippen molar-refractivity contribution < 1.29 is 24.1 Å². The minimum absolute atomic E-state index is 0.114. The molecular weight excluding hydrogens is 346 g/mol. The molecule has 2 N–H and O–H groups in total. The van der Waals surface area contributed by atoms with Crippen LogP contribution in [0, 0.1) is 0 Å². The number of aromatic nitrogens is 1. The normalized spacial score (nSPS) is 10.9. The third kappa shape index (κ3) is 3.50. The molecule has 0 saturated carbocycles. The van der Waals surface area contributed by atoms with E-state index in [4.69, 9.17) is 13.9 Å². The molecular formula is C21H17NO5. The van der Waals surface area contributed by atoms with Gasteiger partial charge in [0, 0.05) is 23.3 Å². The highest BCUT2D eigenvalue weighted by molar-refractivity contribution is 5.77. The van der Waals surface area contributed by atoms with Crippen molar-refractivity contribution in [1.82, 2.24) is 4.98 Å². The van der Waals surface area contributed by atoms with Crippen LogP contribution in [0.25, 0.3) is 22.6 Å². The van der Waals surface area contributed by atoms with Gasteiger partial charge < -0.3 is 24.1 Å². The Morgan fingerprint density at radius 3 is 2.59 bits per heavy atom. The highest BCUT2D eigenvalue weighted by atomic mass is 16.5. The Bertz CT molecular complexity index is 1100. The average molecular weight is 363 g/mol. The maximum absolute atomic E-state index is 10.0. The largest absolute Gasteiger partial charge is 0.508 e. The van der Waals surface area contributed by atoms with E-state index in [-0.39, 0.29) is 18.1 Å². The lowest BCUT2D eigenvalue weighted by Gasteiger charge is -2.09. The number of phenols is 2. The number of aromatic hydroxyl groups is 2. The van der Waals surface area contributed by atoms with Gasteiger partial charge in [-0.25, -0.2) is 4.98 Å². The zero-order chi connectivity index (χ0) is 18.8. The summed E-state index contributed by atoms with van der Waals surface area (Å²) in [6.07, 6.45) is 0. The summed E-state index contributed by atoms with van der Waals surface area (Å²) in [5.41, 5.74) is 2.60. The molecule has 0 aliphatic rings. The maximum Gasteiger partial charge on any atom is 0.227 e. The standard InChI is InChI=1S/C21H17NO5/c1-25-16-6-5-14(19(24)11-16)12-26-17-7-8-20-18(10-17)22-21(27-20)13-3-2-4-15(23)9-13/h2-11,23-24H,12H2,1H3. The molecule has 1 aromatic heterocycles. The minimum atomic E-state index is 0.114. The first-order valence-corrected chi connectivity index (χ1v) is 8.31. The van der Waals surface area contributed by atoms with Crippen molar-refractivity contribution in [3.05, 3.63) is 66.2 Å². The number of hydrogen-bond donors (Lipinski definition) is 2. The molecule has 0 unspecified atom stereocenters. The van der Waals surface area contributed by atoms with Crippen molar-refractivity contribution in [2.75, 3.05) is 7.11 Å². The Labute approximate surface area is 155 Å². The summed E-state index contributed by atoms with van der Waals surface area (Å²) in [7, 11) is 1.54. The van der Waals surface area contributed by atoms with E-state index in [0.717, 1.165) is 0 Å². The van der Waals surface area contributed by atoms with Crippen LogP contribution in [0.15, 0.2) is 65.1 Å². The van der Waals surface area contributed by atoms with Crippen molar-refractivity contribution in [3.63, 3.8) is 0 Å². The molecule has 4 aromatic rings. The van der Waals surface area contributed by atoms with Crippen LogP contribution in [0.3, 0.4) is 0 Å². The molecule has 0 aliphatic carbocycles. The number of fused-ring (bicyclic) bond motifs is 1. The summed E-state index contributed by atoms with van der Waals surface area (Å²) in [5.74, 6) is 1.88. The molecule has 6 heteroatoms. The first kappa shape index (κ1) is 16.8. The number of nitrogens with zero attached hydrogens (tertiary/aromatic N) is 1. The van der Waals surface area contributed by atoms with E-state index in [1.807, 2.05) is 6.07 Å². The highest BCUT2D eigenvalue weighted by Gasteiger charge is 2.10. The van der Waals surface area contributed by atoms with E-state index >= 15 is 0 Å². The van der Waals surface area contributed by atoms with Crippen LogP contribution in [0.2, 0.25) is 0 Å². The topological polar surface area (TPSA) is 85.0 Å². The lowest BCUT2D eigenvalue weighted by molar-refractivity contribution is 0.299. The van der Waals surface area contributed by atoms with Gasteiger partial charge in [-0.1, -0.05) is 6.07 Å². The van der Waals surface area contributed by atoms with Crippen LogP contribution < -0.4 is 9.47 Å². The van der Waals surface area contributed by atoms with Crippen LogP contribution in [0.5, 0.6) is 23.0 Å². The summed E-state index contributed by atoms with van der Waals surface area (Å²) in [6.45, 7) is 0.207. The third-order valence-electron chi connectivity index (χ3n) is 4.14. The number of benzene rings is 3. The zero-order valence-electron chi connectivity index (χ0n) is 14.5. The van der Waals surface area contributed by atoms with E-state index in [1.165, 1.54) is 0 Å². The van der Waals surface area contributed by atoms with Gasteiger partial charge in [0.1, 0.15) is 35.1 Å². The summed E-state index contributed by atoms with van der Waals surface area (Å²) < 4.78 is 16.6. The predicted molar refractivity (Wildman–Crippen MR) is 100 cm³/mol. The molecule has 0 aliphatic heterocycles. The smallest absolute Gasteiger partial charge is 0.227 e. The van der Waals surface area contributed by atoms with E-state index in [2.05, 4.69) is 4.98 Å². The fourth-order valence-corrected chi connectivity index (χ4v) is 2.71. The van der Waals surface area contributed by atoms with Crippen LogP contribution in [0.4, 0.5) is 0 Å². The second-order valence-electron chi connectivity index (χ2n) is 5.98. The first-order valence-electron chi connectivity index (χ1n) is 8.31. The molecule has 0 atom stereocenters. The van der Waals surface area contributed by atoms with Gasteiger partial charge in [-0.3, -0.25) is 0 Å². The van der Waals surface area contributed by atoms with Gasteiger partial charge in [-0.15, -0.1) is 0 Å². The summed E-state index contributed by atoms with van der Waals surface area (Å²) in [4.78, 5) is 4.46. The molecule has 0 radical (unpaired) electrons. The number of rotatable bonds is 5. The summed E-state index contributed by atoms with van der Waals surface area (Å²) >= 11 is 0. The van der Waals surface area contributed by atoms with Crippen molar-refractivity contribution in [2.45, 2.75) is 6.61 Å². The predicted octanol–water partition coefficient (Wildman–Crippen LogP) is 4.49. The fraction of sp³-hybridized carbons (Fsp3) is 0.0952. The zero-order valence-corrected chi connectivity index (χ0v) is 14.5. The molecule has 0 saturated heterocycles. The van der Waals surface area contributed by atoms with Gasteiger partial charge in [0.15, 0.2) is 5.58 Å². The van der Waals surface area contributed by atoms with Crippen LogP contribution >= 0.6 is 0 Å². The quantitative estimate of drug-likeness (QED) is 0.543. The van der Waals surface area contributed by atoms with E-state index < -0.39 is 0 Å². The molecule has 4 rings (SSSR count). The number of hydrogen-bond acceptors (Lipinski definition) is 6. The average Bonchev–Trinajstić information content (AvgIpc) is 3.10. The van der Waals surface area contributed by atoms with Gasteiger partial charge in [0.25, 0.3) is 0 Å². The first-order chi connectivity index (χ1) is 13.1. The molecule has 0 spiro atoms. The number of ether oxygens (including phenoxy) is 2. The van der Waals surface area contributed by atoms with E-state index in [9.17, 15) is 10.2 Å². The van der Waals surface area contributed by atoms with Gasteiger partial charge in [0.2, 0.25) is 5.89 Å². The lowest BCUT2D eigenvalue weighted by Crippen LogP contribution is -1.96. The molecule has 0 fully saturated rings. The Hall–Kier alpha value is -3.67. The Kier molecular flexibility index (Phi) is 4.30. The molecule has 27 heavy (non-hydrogen) atoms. The lowest BCUT2D eigenvalue weighted by atomic mass is 10.2. The number of oxazole rings is 1. The van der Waals surface area contributed by atoms with Gasteiger partial charge in [-0.05, 0) is 42.5 Å². The van der Waals surface area contributed by atoms with Gasteiger partial charge >= 0.3 is 0 Å². The fourth-order valence-electron chi connectivity index (χ4n) is 2.71. The van der Waals surface area contributed by atoms with Crippen LogP contribution in [0.1, 0.15) is 5.56 Å². The molecule has 6 nitrogen and oxygen atoms in total. The second-order valence-corrected chi connectivity index (χ2v) is 5.98. The summed E-state index contributed by atoms with van der Waals surface area (Å²) in [6, 6.07) is 17.1. The van der Waals surface area contributed by atoms with E-state index in [1.54, 1.807) is 61.7 Å². The molecule has 0 amide bonds. The summed E-state index contributed by atoms with van der Waals surface area (Å²) in [5, 5.41) is 19.6. The van der Waals surface area contributed by atoms with Crippen LogP contribution in [-0.2, 0) is 6.61 Å². The van der Waals surface area contributed by atoms with Gasteiger partial charge in [0.05, 0.1) is 7.11 Å². The Morgan fingerprint density at radius 2 is 1.81 bits per heavy atom. The molecule has 1 heterocycles. The van der Waals surface area contributed by atoms with Crippen molar-refractivity contribution in [2.24, 2.45) is 0 Å². The number of phenolic OH excluding ortho intramolecular Hbond substituents is 2. The third-order valence-corrected chi connectivity index (χ3v) is 4.14.